The van der Waals surface area contributed by atoms with Crippen molar-refractivity contribution in [2.24, 2.45) is 0 Å². The number of nitrogen functional groups attached to an aromatic ring is 1. The number of halogens is 2. The van der Waals surface area contributed by atoms with E-state index in [1.807, 2.05) is 0 Å². The van der Waals surface area contributed by atoms with E-state index in [9.17, 15) is 9.18 Å². The maximum Gasteiger partial charge on any atom is 0.154 e. The molecule has 0 aromatic heterocycles. The van der Waals surface area contributed by atoms with Crippen LogP contribution < -0.4 is 5.73 Å². The molecule has 2 nitrogen and oxygen atoms in total. The molecular weight excluding hydrogens is 169 g/mol. The Balaban J connectivity index is 3.36. The van der Waals surface area contributed by atoms with Gasteiger partial charge < -0.3 is 5.73 Å². The first kappa shape index (κ1) is 8.01. The van der Waals surface area contributed by atoms with E-state index in [4.69, 9.17) is 17.3 Å². The second-order valence-corrected chi connectivity index (χ2v) is 2.37. The number of rotatable bonds is 1. The number of anilines is 1. The maximum absolute atomic E-state index is 12.8. The maximum atomic E-state index is 12.8. The van der Waals surface area contributed by atoms with Crippen molar-refractivity contribution in [1.82, 2.24) is 0 Å². The van der Waals surface area contributed by atoms with Crippen LogP contribution in [0.5, 0.6) is 0 Å². The lowest BCUT2D eigenvalue weighted by Crippen LogP contribution is -1.93. The standard InChI is InChI=1S/C7H5ClFNO/c8-6-5(10)2-1-4(3-11)7(6)9/h1-3H,10H2. The number of carbonyl (C=O) groups is 1. The number of nitrogens with two attached hydrogens (primary N) is 1. The van der Waals surface area contributed by atoms with Gasteiger partial charge in [0.2, 0.25) is 0 Å². The Labute approximate surface area is 67.8 Å². The predicted octanol–water partition coefficient (Wildman–Crippen LogP) is 1.87. The summed E-state index contributed by atoms with van der Waals surface area (Å²) < 4.78 is 12.8. The highest BCUT2D eigenvalue weighted by atomic mass is 35.5. The first-order valence-electron chi connectivity index (χ1n) is 2.85. The third-order valence-corrected chi connectivity index (χ3v) is 1.65. The van der Waals surface area contributed by atoms with Crippen LogP contribution in [0.15, 0.2) is 12.1 Å². The molecule has 2 N–H and O–H groups in total. The molecule has 0 fully saturated rings. The molecule has 0 aliphatic rings. The van der Waals surface area contributed by atoms with E-state index in [1.54, 1.807) is 0 Å². The Hall–Kier alpha value is -1.09. The SMILES string of the molecule is Nc1ccc(C=O)c(F)c1Cl. The molecule has 0 heterocycles. The molecule has 58 valence electrons. The summed E-state index contributed by atoms with van der Waals surface area (Å²) in [6.45, 7) is 0. The van der Waals surface area contributed by atoms with Crippen LogP contribution in [0.25, 0.3) is 0 Å². The van der Waals surface area contributed by atoms with Crippen LogP contribution >= 0.6 is 11.6 Å². The van der Waals surface area contributed by atoms with E-state index < -0.39 is 5.82 Å². The summed E-state index contributed by atoms with van der Waals surface area (Å²) in [6.07, 6.45) is 0.390. The zero-order valence-electron chi connectivity index (χ0n) is 5.47. The Morgan fingerprint density at radius 2 is 2.18 bits per heavy atom. The van der Waals surface area contributed by atoms with E-state index in [0.717, 1.165) is 0 Å². The molecule has 0 spiro atoms. The molecule has 0 aliphatic carbocycles. The van der Waals surface area contributed by atoms with Crippen LogP contribution in [0.2, 0.25) is 5.02 Å². The van der Waals surface area contributed by atoms with Crippen molar-refractivity contribution in [1.29, 1.82) is 0 Å². The van der Waals surface area contributed by atoms with Crippen LogP contribution in [0.3, 0.4) is 0 Å². The summed E-state index contributed by atoms with van der Waals surface area (Å²) in [5.74, 6) is -0.762. The van der Waals surface area contributed by atoms with Gasteiger partial charge in [-0.1, -0.05) is 11.6 Å². The average Bonchev–Trinajstić information content (AvgIpc) is 2.01. The Kier molecular flexibility index (Phi) is 2.10. The van der Waals surface area contributed by atoms with Gasteiger partial charge in [-0.2, -0.15) is 0 Å². The summed E-state index contributed by atoms with van der Waals surface area (Å²) in [6, 6.07) is 2.67. The molecule has 0 atom stereocenters. The monoisotopic (exact) mass is 173 g/mol. The van der Waals surface area contributed by atoms with E-state index in [2.05, 4.69) is 0 Å². The third kappa shape index (κ3) is 1.33. The largest absolute Gasteiger partial charge is 0.397 e. The number of aldehydes is 1. The molecule has 11 heavy (non-hydrogen) atoms. The fourth-order valence-electron chi connectivity index (χ4n) is 0.670. The number of hydrogen-bond donors (Lipinski definition) is 1. The van der Waals surface area contributed by atoms with Crippen molar-refractivity contribution in [3.63, 3.8) is 0 Å². The van der Waals surface area contributed by atoms with Crippen LogP contribution in [0.4, 0.5) is 10.1 Å². The fourth-order valence-corrected chi connectivity index (χ4v) is 0.842. The van der Waals surface area contributed by atoms with Gasteiger partial charge in [0.25, 0.3) is 0 Å². The van der Waals surface area contributed by atoms with Gasteiger partial charge in [0, 0.05) is 0 Å². The normalized spacial score (nSPS) is 9.64. The lowest BCUT2D eigenvalue weighted by Gasteiger charge is -1.99. The van der Waals surface area contributed by atoms with Crippen molar-refractivity contribution in [3.05, 3.63) is 28.5 Å². The van der Waals surface area contributed by atoms with E-state index in [0.29, 0.717) is 6.29 Å². The molecule has 0 unspecified atom stereocenters. The number of benzene rings is 1. The van der Waals surface area contributed by atoms with Crippen molar-refractivity contribution >= 4 is 23.6 Å². The highest BCUT2D eigenvalue weighted by Gasteiger charge is 2.07. The molecule has 4 heteroatoms. The van der Waals surface area contributed by atoms with Gasteiger partial charge >= 0.3 is 0 Å². The summed E-state index contributed by atoms with van der Waals surface area (Å²) in [5.41, 5.74) is 5.31. The Bertz CT molecular complexity index is 301. The zero-order valence-corrected chi connectivity index (χ0v) is 6.23. The molecule has 0 bridgehead atoms. The summed E-state index contributed by atoms with van der Waals surface area (Å²) in [4.78, 5) is 10.2. The Morgan fingerprint density at radius 3 is 2.73 bits per heavy atom. The average molecular weight is 174 g/mol. The van der Waals surface area contributed by atoms with Crippen molar-refractivity contribution in [3.8, 4) is 0 Å². The van der Waals surface area contributed by atoms with Crippen LogP contribution in [0, 0.1) is 5.82 Å². The van der Waals surface area contributed by atoms with Gasteiger partial charge in [-0.25, -0.2) is 4.39 Å². The molecule has 0 radical (unpaired) electrons. The van der Waals surface area contributed by atoms with E-state index >= 15 is 0 Å². The smallest absolute Gasteiger partial charge is 0.154 e. The second-order valence-electron chi connectivity index (χ2n) is 1.99. The van der Waals surface area contributed by atoms with Crippen molar-refractivity contribution < 1.29 is 9.18 Å². The van der Waals surface area contributed by atoms with Gasteiger partial charge in [-0.15, -0.1) is 0 Å². The highest BCUT2D eigenvalue weighted by molar-refractivity contribution is 6.33. The summed E-state index contributed by atoms with van der Waals surface area (Å²) in [5, 5.41) is -0.199. The number of carbonyl (C=O) groups excluding carboxylic acids is 1. The first-order valence-corrected chi connectivity index (χ1v) is 3.23. The minimum absolute atomic E-state index is 0.0794. The zero-order chi connectivity index (χ0) is 8.43. The minimum atomic E-state index is -0.762. The highest BCUT2D eigenvalue weighted by Crippen LogP contribution is 2.23. The topological polar surface area (TPSA) is 43.1 Å². The molecule has 0 saturated heterocycles. The van der Waals surface area contributed by atoms with Gasteiger partial charge in [0.15, 0.2) is 12.1 Å². The van der Waals surface area contributed by atoms with Gasteiger partial charge in [-0.3, -0.25) is 4.79 Å². The molecule has 1 aromatic carbocycles. The summed E-state index contributed by atoms with van der Waals surface area (Å²) >= 11 is 5.40. The van der Waals surface area contributed by atoms with Crippen molar-refractivity contribution in [2.75, 3.05) is 5.73 Å². The molecule has 1 aromatic rings. The molecular formula is C7H5ClFNO. The molecule has 1 rings (SSSR count). The second kappa shape index (κ2) is 2.88. The quantitative estimate of drug-likeness (QED) is 0.521. The van der Waals surface area contributed by atoms with Gasteiger partial charge in [0.05, 0.1) is 16.3 Å². The first-order chi connectivity index (χ1) is 5.16. The lowest BCUT2D eigenvalue weighted by molar-refractivity contribution is 0.112. The lowest BCUT2D eigenvalue weighted by atomic mass is 10.2. The molecule has 0 aliphatic heterocycles. The van der Waals surface area contributed by atoms with Crippen molar-refractivity contribution in [2.45, 2.75) is 0 Å². The summed E-state index contributed by atoms with van der Waals surface area (Å²) in [7, 11) is 0. The molecule has 0 amide bonds. The van der Waals surface area contributed by atoms with Gasteiger partial charge in [0.1, 0.15) is 0 Å². The number of hydrogen-bond acceptors (Lipinski definition) is 2. The van der Waals surface area contributed by atoms with E-state index in [-0.39, 0.29) is 16.3 Å². The third-order valence-electron chi connectivity index (χ3n) is 1.27. The predicted molar refractivity (Wildman–Crippen MR) is 41.2 cm³/mol. The minimum Gasteiger partial charge on any atom is -0.397 e. The van der Waals surface area contributed by atoms with Crippen LogP contribution in [-0.4, -0.2) is 6.29 Å². The van der Waals surface area contributed by atoms with Gasteiger partial charge in [-0.05, 0) is 12.1 Å². The van der Waals surface area contributed by atoms with Crippen LogP contribution in [-0.2, 0) is 0 Å². The van der Waals surface area contributed by atoms with E-state index in [1.165, 1.54) is 12.1 Å². The molecule has 0 saturated carbocycles. The fraction of sp³-hybridized carbons (Fsp3) is 0. The van der Waals surface area contributed by atoms with Crippen LogP contribution in [0.1, 0.15) is 10.4 Å². The Morgan fingerprint density at radius 1 is 1.55 bits per heavy atom.